The predicted octanol–water partition coefficient (Wildman–Crippen LogP) is 1.51. The van der Waals surface area contributed by atoms with Crippen molar-refractivity contribution in [2.24, 2.45) is 5.92 Å². The Balaban J connectivity index is 2.20. The molecule has 1 rings (SSSR count). The molecule has 1 heterocycles. The number of nitrogens with one attached hydrogen (secondary N) is 1. The van der Waals surface area contributed by atoms with Gasteiger partial charge < -0.3 is 15.0 Å². The van der Waals surface area contributed by atoms with Crippen LogP contribution in [-0.4, -0.2) is 50.3 Å². The Morgan fingerprint density at radius 3 is 2.94 bits per heavy atom. The first-order chi connectivity index (χ1) is 7.63. The van der Waals surface area contributed by atoms with Gasteiger partial charge in [-0.1, -0.05) is 13.0 Å². The molecule has 3 heteroatoms. The Kier molecular flexibility index (Phi) is 6.03. The molecule has 1 saturated heterocycles. The second-order valence-electron chi connectivity index (χ2n) is 4.95. The molecule has 0 spiro atoms. The molecular weight excluding hydrogens is 200 g/mol. The SMILES string of the molecule is C=CCC(C)C(C)NCC1CN(C)CCO1. The van der Waals surface area contributed by atoms with E-state index in [2.05, 4.69) is 37.7 Å². The summed E-state index contributed by atoms with van der Waals surface area (Å²) < 4.78 is 5.71. The Labute approximate surface area is 99.8 Å². The summed E-state index contributed by atoms with van der Waals surface area (Å²) in [6.45, 7) is 12.2. The minimum atomic E-state index is 0.345. The van der Waals surface area contributed by atoms with Gasteiger partial charge in [-0.2, -0.15) is 0 Å². The van der Waals surface area contributed by atoms with Crippen molar-refractivity contribution in [1.29, 1.82) is 0 Å². The zero-order valence-corrected chi connectivity index (χ0v) is 10.9. The molecule has 0 aliphatic carbocycles. The van der Waals surface area contributed by atoms with Gasteiger partial charge in [-0.3, -0.25) is 0 Å². The summed E-state index contributed by atoms with van der Waals surface area (Å²) in [5.74, 6) is 0.638. The lowest BCUT2D eigenvalue weighted by atomic mass is 10.00. The van der Waals surface area contributed by atoms with Crippen LogP contribution < -0.4 is 5.32 Å². The molecule has 0 saturated carbocycles. The molecular formula is C13H26N2O. The molecule has 1 aliphatic heterocycles. The van der Waals surface area contributed by atoms with Crippen molar-refractivity contribution in [1.82, 2.24) is 10.2 Å². The highest BCUT2D eigenvalue weighted by Gasteiger charge is 2.19. The van der Waals surface area contributed by atoms with Gasteiger partial charge in [0.2, 0.25) is 0 Å². The van der Waals surface area contributed by atoms with Crippen LogP contribution in [0.1, 0.15) is 20.3 Å². The van der Waals surface area contributed by atoms with E-state index in [1.807, 2.05) is 6.08 Å². The lowest BCUT2D eigenvalue weighted by Gasteiger charge is -2.31. The Morgan fingerprint density at radius 2 is 2.31 bits per heavy atom. The molecule has 3 nitrogen and oxygen atoms in total. The molecule has 94 valence electrons. The predicted molar refractivity (Wildman–Crippen MR) is 68.7 cm³/mol. The Bertz CT molecular complexity index is 208. The average Bonchev–Trinajstić information content (AvgIpc) is 2.26. The third-order valence-electron chi connectivity index (χ3n) is 3.40. The van der Waals surface area contributed by atoms with E-state index >= 15 is 0 Å². The van der Waals surface area contributed by atoms with E-state index in [1.165, 1.54) is 0 Å². The van der Waals surface area contributed by atoms with Crippen LogP contribution in [0.25, 0.3) is 0 Å². The highest BCUT2D eigenvalue weighted by atomic mass is 16.5. The summed E-state index contributed by atoms with van der Waals surface area (Å²) in [5.41, 5.74) is 0. The molecule has 0 amide bonds. The van der Waals surface area contributed by atoms with Gasteiger partial charge >= 0.3 is 0 Å². The van der Waals surface area contributed by atoms with Crippen molar-refractivity contribution in [3.63, 3.8) is 0 Å². The van der Waals surface area contributed by atoms with Crippen molar-refractivity contribution in [2.75, 3.05) is 33.3 Å². The van der Waals surface area contributed by atoms with Crippen molar-refractivity contribution in [3.8, 4) is 0 Å². The number of rotatable bonds is 6. The second kappa shape index (κ2) is 7.05. The molecule has 0 bridgehead atoms. The zero-order valence-electron chi connectivity index (χ0n) is 10.9. The van der Waals surface area contributed by atoms with Crippen LogP contribution in [0.5, 0.6) is 0 Å². The van der Waals surface area contributed by atoms with Crippen molar-refractivity contribution in [2.45, 2.75) is 32.4 Å². The first-order valence-corrected chi connectivity index (χ1v) is 6.28. The first kappa shape index (κ1) is 13.7. The summed E-state index contributed by atoms with van der Waals surface area (Å²) in [7, 11) is 2.15. The number of ether oxygens (including phenoxy) is 1. The lowest BCUT2D eigenvalue weighted by Crippen LogP contribution is -2.47. The van der Waals surface area contributed by atoms with E-state index in [4.69, 9.17) is 4.74 Å². The quantitative estimate of drug-likeness (QED) is 0.695. The van der Waals surface area contributed by atoms with E-state index in [1.54, 1.807) is 0 Å². The third kappa shape index (κ3) is 4.64. The molecule has 3 atom stereocenters. The number of hydrogen-bond donors (Lipinski definition) is 1. The monoisotopic (exact) mass is 226 g/mol. The lowest BCUT2D eigenvalue weighted by molar-refractivity contribution is -0.0196. The number of nitrogens with zero attached hydrogens (tertiary/aromatic N) is 1. The summed E-state index contributed by atoms with van der Waals surface area (Å²) in [6, 6.07) is 0.522. The van der Waals surface area contributed by atoms with Crippen LogP contribution in [0.4, 0.5) is 0 Å². The summed E-state index contributed by atoms with van der Waals surface area (Å²) >= 11 is 0. The van der Waals surface area contributed by atoms with Crippen LogP contribution in [0.2, 0.25) is 0 Å². The number of likely N-dealkylation sites (N-methyl/N-ethyl adjacent to an activating group) is 1. The van der Waals surface area contributed by atoms with E-state index in [9.17, 15) is 0 Å². The maximum Gasteiger partial charge on any atom is 0.0826 e. The maximum absolute atomic E-state index is 5.71. The minimum absolute atomic E-state index is 0.345. The van der Waals surface area contributed by atoms with Crippen LogP contribution in [0.15, 0.2) is 12.7 Å². The molecule has 16 heavy (non-hydrogen) atoms. The standard InChI is InChI=1S/C13H26N2O/c1-5-6-11(2)12(3)14-9-13-10-15(4)7-8-16-13/h5,11-14H,1,6-10H2,2-4H3. The fourth-order valence-corrected chi connectivity index (χ4v) is 1.98. The number of morpholine rings is 1. The van der Waals surface area contributed by atoms with Crippen LogP contribution >= 0.6 is 0 Å². The van der Waals surface area contributed by atoms with Gasteiger partial charge in [0, 0.05) is 25.7 Å². The summed E-state index contributed by atoms with van der Waals surface area (Å²) in [6.07, 6.45) is 3.41. The highest BCUT2D eigenvalue weighted by molar-refractivity contribution is 4.79. The fraction of sp³-hybridized carbons (Fsp3) is 0.846. The largest absolute Gasteiger partial charge is 0.374 e. The maximum atomic E-state index is 5.71. The highest BCUT2D eigenvalue weighted by Crippen LogP contribution is 2.09. The average molecular weight is 226 g/mol. The van der Waals surface area contributed by atoms with Crippen LogP contribution in [0, 0.1) is 5.92 Å². The fourth-order valence-electron chi connectivity index (χ4n) is 1.98. The normalized spacial score (nSPS) is 26.3. The third-order valence-corrected chi connectivity index (χ3v) is 3.40. The topological polar surface area (TPSA) is 24.5 Å². The molecule has 1 aliphatic rings. The minimum Gasteiger partial charge on any atom is -0.374 e. The molecule has 0 aromatic carbocycles. The molecule has 0 radical (unpaired) electrons. The summed E-state index contributed by atoms with van der Waals surface area (Å²) in [5, 5.41) is 3.56. The first-order valence-electron chi connectivity index (χ1n) is 6.28. The van der Waals surface area contributed by atoms with Gasteiger partial charge in [-0.25, -0.2) is 0 Å². The number of allylic oxidation sites excluding steroid dienone is 1. The molecule has 0 aromatic heterocycles. The second-order valence-corrected chi connectivity index (χ2v) is 4.95. The molecule has 1 fully saturated rings. The van der Waals surface area contributed by atoms with E-state index in [0.717, 1.165) is 32.7 Å². The van der Waals surface area contributed by atoms with E-state index in [-0.39, 0.29) is 0 Å². The van der Waals surface area contributed by atoms with E-state index in [0.29, 0.717) is 18.1 Å². The van der Waals surface area contributed by atoms with Crippen molar-refractivity contribution >= 4 is 0 Å². The van der Waals surface area contributed by atoms with Crippen LogP contribution in [-0.2, 0) is 4.74 Å². The van der Waals surface area contributed by atoms with Gasteiger partial charge in [0.05, 0.1) is 12.7 Å². The molecule has 3 unspecified atom stereocenters. The van der Waals surface area contributed by atoms with Gasteiger partial charge in [0.1, 0.15) is 0 Å². The zero-order chi connectivity index (χ0) is 12.0. The Hall–Kier alpha value is -0.380. The number of hydrogen-bond acceptors (Lipinski definition) is 3. The van der Waals surface area contributed by atoms with Crippen LogP contribution in [0.3, 0.4) is 0 Å². The Morgan fingerprint density at radius 1 is 1.56 bits per heavy atom. The van der Waals surface area contributed by atoms with Crippen molar-refractivity contribution < 1.29 is 4.74 Å². The van der Waals surface area contributed by atoms with Gasteiger partial charge in [0.15, 0.2) is 0 Å². The van der Waals surface area contributed by atoms with Gasteiger partial charge in [-0.15, -0.1) is 6.58 Å². The summed E-state index contributed by atoms with van der Waals surface area (Å²) in [4.78, 5) is 2.33. The van der Waals surface area contributed by atoms with Gasteiger partial charge in [0.25, 0.3) is 0 Å². The smallest absolute Gasteiger partial charge is 0.0826 e. The molecule has 1 N–H and O–H groups in total. The van der Waals surface area contributed by atoms with E-state index < -0.39 is 0 Å². The molecule has 0 aromatic rings. The van der Waals surface area contributed by atoms with Gasteiger partial charge in [-0.05, 0) is 26.3 Å². The van der Waals surface area contributed by atoms with Crippen molar-refractivity contribution in [3.05, 3.63) is 12.7 Å².